The van der Waals surface area contributed by atoms with E-state index < -0.39 is 0 Å². The van der Waals surface area contributed by atoms with Gasteiger partial charge in [0.25, 0.3) is 0 Å². The van der Waals surface area contributed by atoms with Crippen molar-refractivity contribution in [2.24, 2.45) is 0 Å². The van der Waals surface area contributed by atoms with Crippen LogP contribution in [0.3, 0.4) is 0 Å². The van der Waals surface area contributed by atoms with Gasteiger partial charge in [-0.3, -0.25) is 4.79 Å². The topological polar surface area (TPSA) is 64.9 Å². The van der Waals surface area contributed by atoms with Crippen molar-refractivity contribution in [1.29, 1.82) is 5.26 Å². The second-order valence-corrected chi connectivity index (χ2v) is 4.98. The minimum atomic E-state index is -0.167. The van der Waals surface area contributed by atoms with E-state index >= 15 is 0 Å². The zero-order chi connectivity index (χ0) is 14.4. The fourth-order valence-corrected chi connectivity index (χ4v) is 1.91. The highest BCUT2D eigenvalue weighted by molar-refractivity contribution is 9.10. The number of nitrogens with zero attached hydrogens (tertiary/aromatic N) is 1. The SMILES string of the molecule is N#Cc1ccccc1NCC(=O)Nc1ccc(Br)cc1. The Balaban J connectivity index is 1.92. The quantitative estimate of drug-likeness (QED) is 0.903. The van der Waals surface area contributed by atoms with Gasteiger partial charge < -0.3 is 10.6 Å². The Morgan fingerprint density at radius 3 is 2.55 bits per heavy atom. The van der Waals surface area contributed by atoms with Crippen molar-refractivity contribution in [3.63, 3.8) is 0 Å². The summed E-state index contributed by atoms with van der Waals surface area (Å²) in [4.78, 5) is 11.8. The second-order valence-electron chi connectivity index (χ2n) is 4.07. The summed E-state index contributed by atoms with van der Waals surface area (Å²) in [6, 6.07) is 16.5. The molecule has 20 heavy (non-hydrogen) atoms. The van der Waals surface area contributed by atoms with Crippen molar-refractivity contribution in [2.75, 3.05) is 17.2 Å². The second kappa shape index (κ2) is 6.73. The van der Waals surface area contributed by atoms with Crippen LogP contribution < -0.4 is 10.6 Å². The van der Waals surface area contributed by atoms with Crippen LogP contribution in [0.1, 0.15) is 5.56 Å². The van der Waals surface area contributed by atoms with Crippen LogP contribution >= 0.6 is 15.9 Å². The van der Waals surface area contributed by atoms with Crippen molar-refractivity contribution in [2.45, 2.75) is 0 Å². The van der Waals surface area contributed by atoms with Crippen LogP contribution in [-0.2, 0) is 4.79 Å². The number of nitriles is 1. The summed E-state index contributed by atoms with van der Waals surface area (Å²) in [5.41, 5.74) is 1.90. The molecular weight excluding hydrogens is 318 g/mol. The third-order valence-corrected chi connectivity index (χ3v) is 3.14. The normalized spacial score (nSPS) is 9.60. The largest absolute Gasteiger partial charge is 0.375 e. The molecule has 0 radical (unpaired) electrons. The summed E-state index contributed by atoms with van der Waals surface area (Å²) in [5.74, 6) is -0.167. The maximum absolute atomic E-state index is 11.8. The predicted molar refractivity (Wildman–Crippen MR) is 82.4 cm³/mol. The highest BCUT2D eigenvalue weighted by Gasteiger charge is 2.04. The number of carbonyl (C=O) groups is 1. The van der Waals surface area contributed by atoms with Crippen molar-refractivity contribution >= 4 is 33.2 Å². The molecule has 2 N–H and O–H groups in total. The number of halogens is 1. The van der Waals surface area contributed by atoms with Crippen molar-refractivity contribution < 1.29 is 4.79 Å². The molecule has 0 saturated heterocycles. The molecular formula is C15H12BrN3O. The van der Waals surface area contributed by atoms with Crippen LogP contribution in [0.25, 0.3) is 0 Å². The van der Waals surface area contributed by atoms with E-state index in [2.05, 4.69) is 32.6 Å². The zero-order valence-electron chi connectivity index (χ0n) is 10.6. The Morgan fingerprint density at radius 1 is 1.15 bits per heavy atom. The van der Waals surface area contributed by atoms with Crippen molar-refractivity contribution in [1.82, 2.24) is 0 Å². The van der Waals surface area contributed by atoms with E-state index in [0.717, 1.165) is 10.2 Å². The van der Waals surface area contributed by atoms with Gasteiger partial charge in [-0.25, -0.2) is 0 Å². The van der Waals surface area contributed by atoms with Gasteiger partial charge in [0.05, 0.1) is 17.8 Å². The molecule has 0 aliphatic heterocycles. The van der Waals surface area contributed by atoms with E-state index in [-0.39, 0.29) is 12.5 Å². The Kier molecular flexibility index (Phi) is 4.75. The summed E-state index contributed by atoms with van der Waals surface area (Å²) in [6.07, 6.45) is 0. The van der Waals surface area contributed by atoms with Gasteiger partial charge in [0, 0.05) is 10.2 Å². The molecule has 100 valence electrons. The van der Waals surface area contributed by atoms with Crippen LogP contribution in [-0.4, -0.2) is 12.5 Å². The summed E-state index contributed by atoms with van der Waals surface area (Å²) in [6.45, 7) is 0.106. The average Bonchev–Trinajstić information content (AvgIpc) is 2.48. The van der Waals surface area contributed by atoms with Crippen LogP contribution in [0, 0.1) is 11.3 Å². The molecule has 0 bridgehead atoms. The molecule has 0 unspecified atom stereocenters. The van der Waals surface area contributed by atoms with Gasteiger partial charge in [-0.2, -0.15) is 5.26 Å². The first-order valence-electron chi connectivity index (χ1n) is 5.97. The molecule has 0 atom stereocenters. The average molecular weight is 330 g/mol. The van der Waals surface area contributed by atoms with Crippen LogP contribution in [0.4, 0.5) is 11.4 Å². The number of benzene rings is 2. The van der Waals surface area contributed by atoms with E-state index in [1.807, 2.05) is 30.3 Å². The molecule has 2 aromatic carbocycles. The highest BCUT2D eigenvalue weighted by atomic mass is 79.9. The Labute approximate surface area is 125 Å². The number of rotatable bonds is 4. The van der Waals surface area contributed by atoms with Gasteiger partial charge >= 0.3 is 0 Å². The monoisotopic (exact) mass is 329 g/mol. The summed E-state index contributed by atoms with van der Waals surface area (Å²) in [5, 5.41) is 14.7. The Morgan fingerprint density at radius 2 is 1.85 bits per heavy atom. The summed E-state index contributed by atoms with van der Waals surface area (Å²) < 4.78 is 0.955. The van der Waals surface area contributed by atoms with E-state index in [4.69, 9.17) is 5.26 Å². The zero-order valence-corrected chi connectivity index (χ0v) is 12.1. The molecule has 0 heterocycles. The lowest BCUT2D eigenvalue weighted by Crippen LogP contribution is -2.22. The smallest absolute Gasteiger partial charge is 0.243 e. The van der Waals surface area contributed by atoms with E-state index in [9.17, 15) is 4.79 Å². The fraction of sp³-hybridized carbons (Fsp3) is 0.0667. The first-order valence-corrected chi connectivity index (χ1v) is 6.77. The minimum absolute atomic E-state index is 0.106. The first kappa shape index (κ1) is 14.1. The molecule has 0 aromatic heterocycles. The molecule has 0 aliphatic carbocycles. The molecule has 0 spiro atoms. The van der Waals surface area contributed by atoms with Gasteiger partial charge in [-0.05, 0) is 36.4 Å². The van der Waals surface area contributed by atoms with Gasteiger partial charge in [-0.1, -0.05) is 28.1 Å². The number of hydrogen-bond acceptors (Lipinski definition) is 3. The van der Waals surface area contributed by atoms with Crippen LogP contribution in [0.15, 0.2) is 53.0 Å². The predicted octanol–water partition coefficient (Wildman–Crippen LogP) is 3.37. The van der Waals surface area contributed by atoms with E-state index in [0.29, 0.717) is 11.3 Å². The molecule has 5 heteroatoms. The molecule has 2 aromatic rings. The number of para-hydroxylation sites is 1. The van der Waals surface area contributed by atoms with Gasteiger partial charge in [0.2, 0.25) is 5.91 Å². The fourth-order valence-electron chi connectivity index (χ4n) is 1.65. The first-order chi connectivity index (χ1) is 9.69. The molecule has 1 amide bonds. The van der Waals surface area contributed by atoms with Gasteiger partial charge in [-0.15, -0.1) is 0 Å². The maximum atomic E-state index is 11.8. The number of carbonyl (C=O) groups excluding carboxylic acids is 1. The summed E-state index contributed by atoms with van der Waals surface area (Å²) in [7, 11) is 0. The maximum Gasteiger partial charge on any atom is 0.243 e. The number of amides is 1. The van der Waals surface area contributed by atoms with Gasteiger partial charge in [0.15, 0.2) is 0 Å². The third kappa shape index (κ3) is 3.84. The van der Waals surface area contributed by atoms with E-state index in [1.165, 1.54) is 0 Å². The lowest BCUT2D eigenvalue weighted by molar-refractivity contribution is -0.114. The number of anilines is 2. The van der Waals surface area contributed by atoms with Crippen molar-refractivity contribution in [3.05, 3.63) is 58.6 Å². The lowest BCUT2D eigenvalue weighted by Gasteiger charge is -2.09. The number of nitrogens with one attached hydrogen (secondary N) is 2. The molecule has 0 aliphatic rings. The Hall–Kier alpha value is -2.32. The molecule has 2 rings (SSSR count). The summed E-state index contributed by atoms with van der Waals surface area (Å²) >= 11 is 3.33. The van der Waals surface area contributed by atoms with Crippen LogP contribution in [0.5, 0.6) is 0 Å². The molecule has 0 saturated carbocycles. The number of hydrogen-bond donors (Lipinski definition) is 2. The molecule has 4 nitrogen and oxygen atoms in total. The van der Waals surface area contributed by atoms with Gasteiger partial charge in [0.1, 0.15) is 6.07 Å². The van der Waals surface area contributed by atoms with E-state index in [1.54, 1.807) is 18.2 Å². The molecule has 0 fully saturated rings. The highest BCUT2D eigenvalue weighted by Crippen LogP contribution is 2.15. The standard InChI is InChI=1S/C15H12BrN3O/c16-12-5-7-13(8-6-12)19-15(20)10-18-14-4-2-1-3-11(14)9-17/h1-8,18H,10H2,(H,19,20). The van der Waals surface area contributed by atoms with Crippen molar-refractivity contribution in [3.8, 4) is 6.07 Å². The van der Waals surface area contributed by atoms with Crippen LogP contribution in [0.2, 0.25) is 0 Å². The minimum Gasteiger partial charge on any atom is -0.375 e. The third-order valence-electron chi connectivity index (χ3n) is 2.61. The lowest BCUT2D eigenvalue weighted by atomic mass is 10.2. The Bertz CT molecular complexity index is 647.